The van der Waals surface area contributed by atoms with Crippen molar-refractivity contribution in [2.75, 3.05) is 4.72 Å². The van der Waals surface area contributed by atoms with Crippen molar-refractivity contribution < 1.29 is 22.1 Å². The number of aromatic nitrogens is 1. The number of anilines is 1. The predicted octanol–water partition coefficient (Wildman–Crippen LogP) is 6.41. The average molecular weight is 459 g/mol. The van der Waals surface area contributed by atoms with Crippen LogP contribution in [0.4, 0.5) is 18.9 Å². The van der Waals surface area contributed by atoms with Gasteiger partial charge in [-0.05, 0) is 66.4 Å². The summed E-state index contributed by atoms with van der Waals surface area (Å²) in [5, 5.41) is 9.50. The number of pyridine rings is 1. The number of nitriles is 1. The Bertz CT molecular complexity index is 1160. The fourth-order valence-corrected chi connectivity index (χ4v) is 3.67. The van der Waals surface area contributed by atoms with E-state index in [1.165, 1.54) is 6.07 Å². The SMILES string of the molecule is CCC(C)c1cncc(Oc2ccc(NS(=O)c3ccc(C(F)(F)F)cc3)cc2C#N)c1. The second-order valence-electron chi connectivity index (χ2n) is 7.08. The van der Waals surface area contributed by atoms with Gasteiger partial charge in [0.15, 0.2) is 0 Å². The molecule has 0 amide bonds. The van der Waals surface area contributed by atoms with Crippen LogP contribution in [0.5, 0.6) is 11.5 Å². The zero-order valence-electron chi connectivity index (χ0n) is 17.3. The van der Waals surface area contributed by atoms with E-state index >= 15 is 0 Å². The van der Waals surface area contributed by atoms with Crippen molar-refractivity contribution in [1.82, 2.24) is 4.98 Å². The fourth-order valence-electron chi connectivity index (χ4n) is 2.83. The molecular weight excluding hydrogens is 439 g/mol. The Morgan fingerprint density at radius 3 is 2.50 bits per heavy atom. The van der Waals surface area contributed by atoms with E-state index in [1.54, 1.807) is 24.5 Å². The summed E-state index contributed by atoms with van der Waals surface area (Å²) in [5.41, 5.74) is 0.763. The average Bonchev–Trinajstić information content (AvgIpc) is 2.79. The number of alkyl halides is 3. The molecule has 0 saturated heterocycles. The van der Waals surface area contributed by atoms with E-state index in [1.807, 2.05) is 12.1 Å². The highest BCUT2D eigenvalue weighted by molar-refractivity contribution is 7.86. The number of nitrogens with one attached hydrogen (secondary N) is 1. The van der Waals surface area contributed by atoms with Gasteiger partial charge in [-0.1, -0.05) is 13.8 Å². The summed E-state index contributed by atoms with van der Waals surface area (Å²) in [6.07, 6.45) is -0.186. The van der Waals surface area contributed by atoms with Crippen LogP contribution in [0.2, 0.25) is 0 Å². The van der Waals surface area contributed by atoms with Crippen molar-refractivity contribution in [3.63, 3.8) is 0 Å². The lowest BCUT2D eigenvalue weighted by molar-refractivity contribution is -0.137. The predicted molar refractivity (Wildman–Crippen MR) is 116 cm³/mol. The summed E-state index contributed by atoms with van der Waals surface area (Å²) in [6.45, 7) is 4.16. The molecule has 1 aromatic heterocycles. The molecule has 0 aliphatic heterocycles. The molecule has 1 N–H and O–H groups in total. The van der Waals surface area contributed by atoms with Crippen molar-refractivity contribution in [1.29, 1.82) is 5.26 Å². The smallest absolute Gasteiger partial charge is 0.416 e. The number of halogens is 3. The Balaban J connectivity index is 1.75. The number of hydrogen-bond donors (Lipinski definition) is 1. The van der Waals surface area contributed by atoms with Gasteiger partial charge in [0, 0.05) is 11.9 Å². The van der Waals surface area contributed by atoms with Crippen LogP contribution in [0.25, 0.3) is 0 Å². The van der Waals surface area contributed by atoms with Crippen LogP contribution in [0, 0.1) is 11.3 Å². The van der Waals surface area contributed by atoms with Crippen molar-refractivity contribution >= 4 is 16.7 Å². The Morgan fingerprint density at radius 1 is 1.16 bits per heavy atom. The van der Waals surface area contributed by atoms with E-state index in [0.29, 0.717) is 23.1 Å². The highest BCUT2D eigenvalue weighted by atomic mass is 32.2. The van der Waals surface area contributed by atoms with Gasteiger partial charge >= 0.3 is 6.18 Å². The highest BCUT2D eigenvalue weighted by Gasteiger charge is 2.30. The van der Waals surface area contributed by atoms with Crippen LogP contribution in [0.15, 0.2) is 65.8 Å². The van der Waals surface area contributed by atoms with Gasteiger partial charge in [-0.3, -0.25) is 4.98 Å². The molecule has 5 nitrogen and oxygen atoms in total. The molecule has 9 heteroatoms. The minimum atomic E-state index is -4.46. The first kappa shape index (κ1) is 23.3. The second kappa shape index (κ2) is 9.83. The molecule has 0 saturated carbocycles. The first-order valence-electron chi connectivity index (χ1n) is 9.74. The van der Waals surface area contributed by atoms with Crippen LogP contribution in [0.3, 0.4) is 0 Å². The first-order chi connectivity index (χ1) is 15.2. The van der Waals surface area contributed by atoms with Crippen LogP contribution in [0.1, 0.15) is 42.9 Å². The van der Waals surface area contributed by atoms with E-state index in [4.69, 9.17) is 4.74 Å². The molecule has 2 atom stereocenters. The maximum absolute atomic E-state index is 12.7. The molecule has 0 bridgehead atoms. The molecule has 1 heterocycles. The van der Waals surface area contributed by atoms with E-state index in [0.717, 1.165) is 36.2 Å². The Hall–Kier alpha value is -3.38. The van der Waals surface area contributed by atoms with Crippen molar-refractivity contribution in [2.24, 2.45) is 0 Å². The van der Waals surface area contributed by atoms with Gasteiger partial charge in [0.1, 0.15) is 28.6 Å². The minimum Gasteiger partial charge on any atom is -0.454 e. The lowest BCUT2D eigenvalue weighted by atomic mass is 10.0. The van der Waals surface area contributed by atoms with E-state index < -0.39 is 22.7 Å². The van der Waals surface area contributed by atoms with Gasteiger partial charge in [-0.2, -0.15) is 18.4 Å². The summed E-state index contributed by atoms with van der Waals surface area (Å²) < 4.78 is 59.1. The van der Waals surface area contributed by atoms with Crippen molar-refractivity contribution in [2.45, 2.75) is 37.3 Å². The Labute approximate surface area is 186 Å². The fraction of sp³-hybridized carbons (Fsp3) is 0.217. The monoisotopic (exact) mass is 459 g/mol. The summed E-state index contributed by atoms with van der Waals surface area (Å²) in [5.74, 6) is 1.11. The summed E-state index contributed by atoms with van der Waals surface area (Å²) >= 11 is 0. The Kier molecular flexibility index (Phi) is 7.15. The first-order valence-corrected chi connectivity index (χ1v) is 10.9. The quantitative estimate of drug-likeness (QED) is 0.443. The summed E-state index contributed by atoms with van der Waals surface area (Å²) in [6, 6.07) is 12.5. The molecule has 166 valence electrons. The number of nitrogens with zero attached hydrogens (tertiary/aromatic N) is 2. The molecule has 2 aromatic carbocycles. The number of rotatable bonds is 7. The van der Waals surface area contributed by atoms with Crippen LogP contribution < -0.4 is 9.46 Å². The van der Waals surface area contributed by atoms with Crippen molar-refractivity contribution in [3.8, 4) is 17.6 Å². The van der Waals surface area contributed by atoms with E-state index in [9.17, 15) is 22.6 Å². The van der Waals surface area contributed by atoms with Gasteiger partial charge < -0.3 is 9.46 Å². The molecule has 0 aliphatic carbocycles. The van der Waals surface area contributed by atoms with Crippen molar-refractivity contribution in [3.05, 3.63) is 77.6 Å². The molecule has 0 aliphatic rings. The van der Waals surface area contributed by atoms with Crippen LogP contribution >= 0.6 is 0 Å². The molecule has 3 rings (SSSR count). The second-order valence-corrected chi connectivity index (χ2v) is 8.29. The topological polar surface area (TPSA) is 75.0 Å². The maximum atomic E-state index is 12.7. The zero-order valence-corrected chi connectivity index (χ0v) is 18.1. The van der Waals surface area contributed by atoms with Crippen LogP contribution in [-0.2, 0) is 17.2 Å². The molecule has 32 heavy (non-hydrogen) atoms. The van der Waals surface area contributed by atoms with Crippen LogP contribution in [-0.4, -0.2) is 9.19 Å². The Morgan fingerprint density at radius 2 is 1.88 bits per heavy atom. The lowest BCUT2D eigenvalue weighted by Crippen LogP contribution is -2.07. The maximum Gasteiger partial charge on any atom is 0.416 e. The lowest BCUT2D eigenvalue weighted by Gasteiger charge is -2.13. The van der Waals surface area contributed by atoms with Gasteiger partial charge in [-0.15, -0.1) is 0 Å². The third-order valence-corrected chi connectivity index (χ3v) is 5.97. The number of hydrogen-bond acceptors (Lipinski definition) is 4. The van der Waals surface area contributed by atoms with E-state index in [-0.39, 0.29) is 10.5 Å². The van der Waals surface area contributed by atoms with Gasteiger partial charge in [0.05, 0.1) is 22.2 Å². The van der Waals surface area contributed by atoms with Gasteiger partial charge in [0.2, 0.25) is 0 Å². The number of benzene rings is 2. The number of ether oxygens (including phenoxy) is 1. The normalized spacial score (nSPS) is 13.1. The minimum absolute atomic E-state index is 0.171. The molecule has 3 aromatic rings. The van der Waals surface area contributed by atoms with Gasteiger partial charge in [0.25, 0.3) is 0 Å². The highest BCUT2D eigenvalue weighted by Crippen LogP contribution is 2.31. The molecular formula is C23H20F3N3O2S. The summed E-state index contributed by atoms with van der Waals surface area (Å²) in [4.78, 5) is 4.36. The largest absolute Gasteiger partial charge is 0.454 e. The molecule has 0 fully saturated rings. The standard InChI is InChI=1S/C23H20F3N3O2S/c1-3-15(2)17-11-20(14-28-13-17)31-22-9-6-19(10-16(22)12-27)29-32(30)21-7-4-18(5-8-21)23(24,25)26/h4-11,13-15,29H,3H2,1-2H3. The third-order valence-electron chi connectivity index (χ3n) is 4.85. The summed E-state index contributed by atoms with van der Waals surface area (Å²) in [7, 11) is -1.81. The molecule has 0 spiro atoms. The third kappa shape index (κ3) is 5.65. The van der Waals surface area contributed by atoms with E-state index in [2.05, 4.69) is 23.6 Å². The van der Waals surface area contributed by atoms with Gasteiger partial charge in [-0.25, -0.2) is 4.21 Å². The molecule has 2 unspecified atom stereocenters. The molecule has 0 radical (unpaired) electrons. The zero-order chi connectivity index (χ0) is 23.3.